The van der Waals surface area contributed by atoms with Gasteiger partial charge in [0.25, 0.3) is 0 Å². The third-order valence-electron chi connectivity index (χ3n) is 6.23. The van der Waals surface area contributed by atoms with Crippen LogP contribution < -0.4 is 15.5 Å². The van der Waals surface area contributed by atoms with Crippen LogP contribution in [0.4, 0.5) is 10.5 Å². The van der Waals surface area contributed by atoms with E-state index in [4.69, 9.17) is 4.74 Å². The van der Waals surface area contributed by atoms with Crippen molar-refractivity contribution in [1.82, 2.24) is 10.6 Å². The van der Waals surface area contributed by atoms with Gasteiger partial charge in [0.2, 0.25) is 5.91 Å². The molecule has 0 aromatic heterocycles. The molecule has 8 nitrogen and oxygen atoms in total. The van der Waals surface area contributed by atoms with E-state index < -0.39 is 22.0 Å². The molecule has 2 N–H and O–H groups in total. The van der Waals surface area contributed by atoms with E-state index in [0.717, 1.165) is 35.2 Å². The summed E-state index contributed by atoms with van der Waals surface area (Å²) in [5, 5.41) is 5.86. The zero-order valence-electron chi connectivity index (χ0n) is 22.7. The Bertz CT molecular complexity index is 1330. The molecule has 3 aromatic rings. The van der Waals surface area contributed by atoms with Gasteiger partial charge in [-0.05, 0) is 53.8 Å². The van der Waals surface area contributed by atoms with Gasteiger partial charge < -0.3 is 20.3 Å². The number of alkyl carbamates (subject to hydrolysis) is 1. The van der Waals surface area contributed by atoms with Crippen molar-refractivity contribution in [3.63, 3.8) is 0 Å². The average Bonchev–Trinajstić information content (AvgIpc) is 2.92. The van der Waals surface area contributed by atoms with Crippen LogP contribution in [0, 0.1) is 0 Å². The number of hydrogen-bond acceptors (Lipinski definition) is 6. The van der Waals surface area contributed by atoms with Crippen molar-refractivity contribution < 1.29 is 22.7 Å². The Morgan fingerprint density at radius 2 is 1.59 bits per heavy atom. The van der Waals surface area contributed by atoms with Crippen LogP contribution in [0.3, 0.4) is 0 Å². The van der Waals surface area contributed by atoms with Crippen LogP contribution in [0.2, 0.25) is 0 Å². The molecular weight excluding hydrogens is 514 g/mol. The first-order valence-corrected chi connectivity index (χ1v) is 14.8. The molecule has 0 spiro atoms. The maximum atomic E-state index is 12.9. The van der Waals surface area contributed by atoms with E-state index in [-0.39, 0.29) is 17.4 Å². The first kappa shape index (κ1) is 29.7. The van der Waals surface area contributed by atoms with Crippen LogP contribution in [0.15, 0.2) is 83.8 Å². The molecule has 0 aliphatic heterocycles. The Morgan fingerprint density at radius 3 is 2.26 bits per heavy atom. The fourth-order valence-electron chi connectivity index (χ4n) is 4.03. The van der Waals surface area contributed by atoms with Gasteiger partial charge in [-0.15, -0.1) is 0 Å². The van der Waals surface area contributed by atoms with E-state index in [2.05, 4.69) is 10.6 Å². The maximum absolute atomic E-state index is 12.9. The molecule has 3 aromatic carbocycles. The summed E-state index contributed by atoms with van der Waals surface area (Å²) in [6, 6.07) is 23.6. The Kier molecular flexibility index (Phi) is 10.9. The lowest BCUT2D eigenvalue weighted by atomic mass is 9.97. The number of nitrogens with one attached hydrogen (secondary N) is 2. The Hall–Kier alpha value is -3.85. The molecule has 2 amide bonds. The van der Waals surface area contributed by atoms with Gasteiger partial charge in [0.15, 0.2) is 9.84 Å². The summed E-state index contributed by atoms with van der Waals surface area (Å²) in [5.74, 6) is -0.0994. The van der Waals surface area contributed by atoms with Crippen LogP contribution in [0.1, 0.15) is 48.4 Å². The van der Waals surface area contributed by atoms with E-state index in [1.165, 1.54) is 6.26 Å². The van der Waals surface area contributed by atoms with Crippen molar-refractivity contribution in [3.05, 3.63) is 95.6 Å². The van der Waals surface area contributed by atoms with Gasteiger partial charge in [0.05, 0.1) is 10.9 Å². The summed E-state index contributed by atoms with van der Waals surface area (Å²) in [7, 11) is 0.579. The van der Waals surface area contributed by atoms with Crippen molar-refractivity contribution in [2.45, 2.75) is 43.2 Å². The van der Waals surface area contributed by atoms with Crippen molar-refractivity contribution in [2.75, 3.05) is 31.8 Å². The number of benzene rings is 3. The van der Waals surface area contributed by atoms with E-state index in [9.17, 15) is 18.0 Å². The Labute approximate surface area is 231 Å². The van der Waals surface area contributed by atoms with E-state index in [0.29, 0.717) is 19.4 Å². The molecule has 0 saturated carbocycles. The molecule has 1 atom stereocenters. The molecule has 0 aliphatic rings. The van der Waals surface area contributed by atoms with E-state index >= 15 is 0 Å². The summed E-state index contributed by atoms with van der Waals surface area (Å²) in [4.78, 5) is 27.0. The zero-order valence-corrected chi connectivity index (χ0v) is 23.5. The fourth-order valence-corrected chi connectivity index (χ4v) is 4.66. The third kappa shape index (κ3) is 9.76. The predicted molar refractivity (Wildman–Crippen MR) is 153 cm³/mol. The number of hydrogen-bond donors (Lipinski definition) is 2. The predicted octanol–water partition coefficient (Wildman–Crippen LogP) is 4.85. The number of nitrogens with zero attached hydrogens (tertiary/aromatic N) is 1. The number of sulfone groups is 1. The Morgan fingerprint density at radius 1 is 0.872 bits per heavy atom. The fraction of sp³-hybridized carbons (Fsp3) is 0.333. The molecular formula is C30H37N3O5S. The average molecular weight is 552 g/mol. The molecule has 0 fully saturated rings. The van der Waals surface area contributed by atoms with Gasteiger partial charge in [-0.3, -0.25) is 4.79 Å². The van der Waals surface area contributed by atoms with E-state index in [1.807, 2.05) is 73.6 Å². The molecule has 208 valence electrons. The summed E-state index contributed by atoms with van der Waals surface area (Å²) in [6.07, 6.45) is 3.23. The SMILES string of the molecule is CN(C)c1cccc(C(NC(=O)CCCCCNC(=O)OCc2ccccc2)c2ccc(S(C)(=O)=O)cc2)c1. The number of ether oxygens (including phenoxy) is 1. The third-order valence-corrected chi connectivity index (χ3v) is 7.36. The van der Waals surface area contributed by atoms with Crippen molar-refractivity contribution in [2.24, 2.45) is 0 Å². The van der Waals surface area contributed by atoms with Gasteiger partial charge in [-0.25, -0.2) is 13.2 Å². The number of anilines is 1. The quantitative estimate of drug-likeness (QED) is 0.294. The highest BCUT2D eigenvalue weighted by molar-refractivity contribution is 7.90. The highest BCUT2D eigenvalue weighted by Gasteiger charge is 2.19. The van der Waals surface area contributed by atoms with Crippen molar-refractivity contribution in [1.29, 1.82) is 0 Å². The normalized spacial score (nSPS) is 11.9. The number of rotatable bonds is 13. The standard InChI is InChI=1S/C30H37N3O5S/c1-33(2)26-14-10-13-25(21-26)29(24-16-18-27(19-17-24)39(3,36)37)32-28(34)15-8-5-9-20-31-30(35)38-22-23-11-6-4-7-12-23/h4,6-7,10-14,16-19,21,29H,5,8-9,15,20,22H2,1-3H3,(H,31,35)(H,32,34). The number of amides is 2. The number of carbonyl (C=O) groups excluding carboxylic acids is 2. The van der Waals surface area contributed by atoms with Gasteiger partial charge >= 0.3 is 6.09 Å². The van der Waals surface area contributed by atoms with E-state index in [1.54, 1.807) is 24.3 Å². The first-order chi connectivity index (χ1) is 18.6. The van der Waals surface area contributed by atoms with Gasteiger partial charge in [0.1, 0.15) is 6.61 Å². The monoisotopic (exact) mass is 551 g/mol. The smallest absolute Gasteiger partial charge is 0.407 e. The van der Waals surface area contributed by atoms with Crippen LogP contribution >= 0.6 is 0 Å². The molecule has 9 heteroatoms. The molecule has 1 unspecified atom stereocenters. The minimum Gasteiger partial charge on any atom is -0.445 e. The highest BCUT2D eigenvalue weighted by Crippen LogP contribution is 2.27. The molecule has 0 saturated heterocycles. The van der Waals surface area contributed by atoms with Crippen molar-refractivity contribution in [3.8, 4) is 0 Å². The summed E-state index contributed by atoms with van der Waals surface area (Å²) in [5.41, 5.74) is 3.62. The largest absolute Gasteiger partial charge is 0.445 e. The number of carbonyl (C=O) groups is 2. The van der Waals surface area contributed by atoms with Crippen LogP contribution in [-0.4, -0.2) is 47.3 Å². The lowest BCUT2D eigenvalue weighted by Crippen LogP contribution is -2.29. The summed E-state index contributed by atoms with van der Waals surface area (Å²) >= 11 is 0. The maximum Gasteiger partial charge on any atom is 0.407 e. The summed E-state index contributed by atoms with van der Waals surface area (Å²) < 4.78 is 29.0. The lowest BCUT2D eigenvalue weighted by Gasteiger charge is -2.22. The molecule has 0 heterocycles. The lowest BCUT2D eigenvalue weighted by molar-refractivity contribution is -0.121. The molecule has 0 radical (unpaired) electrons. The topological polar surface area (TPSA) is 105 Å². The highest BCUT2D eigenvalue weighted by atomic mass is 32.2. The second kappa shape index (κ2) is 14.3. The van der Waals surface area contributed by atoms with Crippen LogP contribution in [-0.2, 0) is 26.0 Å². The van der Waals surface area contributed by atoms with Gasteiger partial charge in [-0.1, -0.05) is 61.0 Å². The first-order valence-electron chi connectivity index (χ1n) is 12.9. The van der Waals surface area contributed by atoms with Gasteiger partial charge in [-0.2, -0.15) is 0 Å². The second-order valence-electron chi connectivity index (χ2n) is 9.63. The molecule has 39 heavy (non-hydrogen) atoms. The Balaban J connectivity index is 1.51. The minimum atomic E-state index is -3.32. The summed E-state index contributed by atoms with van der Waals surface area (Å²) in [6.45, 7) is 0.699. The zero-order chi connectivity index (χ0) is 28.3. The number of unbranched alkanes of at least 4 members (excludes halogenated alkanes) is 2. The molecule has 0 bridgehead atoms. The second-order valence-corrected chi connectivity index (χ2v) is 11.6. The molecule has 0 aliphatic carbocycles. The van der Waals surface area contributed by atoms with Crippen LogP contribution in [0.25, 0.3) is 0 Å². The molecule has 3 rings (SSSR count). The minimum absolute atomic E-state index is 0.0994. The van der Waals surface area contributed by atoms with Crippen LogP contribution in [0.5, 0.6) is 0 Å². The van der Waals surface area contributed by atoms with Gasteiger partial charge in [0, 0.05) is 39.0 Å². The van der Waals surface area contributed by atoms with Crippen molar-refractivity contribution >= 4 is 27.5 Å².